The number of nitrogens with one attached hydrogen (secondary N) is 2. The molecule has 1 aliphatic rings. The molecule has 0 saturated carbocycles. The number of carbonyl (C=O) groups is 2. The fraction of sp³-hybridized carbons (Fsp3) is 0.368. The van der Waals surface area contributed by atoms with Crippen molar-refractivity contribution in [3.05, 3.63) is 30.0 Å². The molecule has 4 rings (SSSR count). The SMILES string of the molecule is Cc1nc(-c2cnc3[nH]cc(C(=O)N[C@H](O)C(=O)N4CC(C#N)C4)c3n2)cn1CC(F)(F)F. The summed E-state index contributed by atoms with van der Waals surface area (Å²) >= 11 is 0. The molecular formula is C19H17F3N8O3. The molecular weight excluding hydrogens is 445 g/mol. The van der Waals surface area contributed by atoms with E-state index in [1.807, 2.05) is 6.07 Å². The van der Waals surface area contributed by atoms with Gasteiger partial charge in [-0.05, 0) is 6.92 Å². The number of amides is 2. The minimum atomic E-state index is -4.42. The molecule has 172 valence electrons. The standard InChI is InChI=1S/C19H17F3N8O3/c1-9-26-13(7-30(9)8-19(20,21)22)12-4-25-15-14(27-12)11(3-24-15)16(31)28-17(32)18(33)29-5-10(2-23)6-29/h3-4,7,10,17,32H,5-6,8H2,1H3,(H,24,25)(H,28,31)/t17-/m1/s1. The number of aliphatic hydroxyl groups is 1. The maximum atomic E-state index is 12.7. The maximum absolute atomic E-state index is 12.7. The van der Waals surface area contributed by atoms with Crippen molar-refractivity contribution < 1.29 is 27.9 Å². The maximum Gasteiger partial charge on any atom is 0.406 e. The second kappa shape index (κ2) is 8.17. The Bertz CT molecular complexity index is 1270. The summed E-state index contributed by atoms with van der Waals surface area (Å²) in [5.41, 5.74) is 0.548. The molecule has 0 unspecified atom stereocenters. The summed E-state index contributed by atoms with van der Waals surface area (Å²) in [4.78, 5) is 41.2. The molecule has 3 N–H and O–H groups in total. The van der Waals surface area contributed by atoms with E-state index in [2.05, 4.69) is 25.3 Å². The summed E-state index contributed by atoms with van der Waals surface area (Å²) in [7, 11) is 0. The first-order valence-corrected chi connectivity index (χ1v) is 9.68. The average molecular weight is 462 g/mol. The summed E-state index contributed by atoms with van der Waals surface area (Å²) < 4.78 is 39.1. The van der Waals surface area contributed by atoms with Crippen LogP contribution in [0.15, 0.2) is 18.6 Å². The Kier molecular flexibility index (Phi) is 5.50. The minimum absolute atomic E-state index is 0.0313. The number of rotatable bonds is 5. The van der Waals surface area contributed by atoms with Gasteiger partial charge in [-0.15, -0.1) is 0 Å². The van der Waals surface area contributed by atoms with Crippen molar-refractivity contribution in [2.45, 2.75) is 25.9 Å². The van der Waals surface area contributed by atoms with Gasteiger partial charge in [0.1, 0.15) is 29.3 Å². The molecule has 1 aliphatic heterocycles. The topological polar surface area (TPSA) is 153 Å². The fourth-order valence-corrected chi connectivity index (χ4v) is 3.35. The smallest absolute Gasteiger partial charge is 0.365 e. The Morgan fingerprint density at radius 2 is 2.09 bits per heavy atom. The summed E-state index contributed by atoms with van der Waals surface area (Å²) in [6.07, 6.45) is -2.47. The van der Waals surface area contributed by atoms with E-state index in [4.69, 9.17) is 5.26 Å². The van der Waals surface area contributed by atoms with Gasteiger partial charge in [-0.25, -0.2) is 15.0 Å². The van der Waals surface area contributed by atoms with Crippen LogP contribution in [0.2, 0.25) is 0 Å². The second-order valence-corrected chi connectivity index (χ2v) is 7.52. The Morgan fingerprint density at radius 1 is 1.36 bits per heavy atom. The third-order valence-corrected chi connectivity index (χ3v) is 5.09. The molecule has 1 fully saturated rings. The molecule has 14 heteroatoms. The second-order valence-electron chi connectivity index (χ2n) is 7.52. The fourth-order valence-electron chi connectivity index (χ4n) is 3.35. The van der Waals surface area contributed by atoms with Crippen molar-refractivity contribution in [2.24, 2.45) is 5.92 Å². The predicted octanol–water partition coefficient (Wildman–Crippen LogP) is 0.722. The van der Waals surface area contributed by atoms with Crippen molar-refractivity contribution in [2.75, 3.05) is 13.1 Å². The molecule has 4 heterocycles. The number of likely N-dealkylation sites (tertiary alicyclic amines) is 1. The predicted molar refractivity (Wildman–Crippen MR) is 105 cm³/mol. The van der Waals surface area contributed by atoms with Gasteiger partial charge < -0.3 is 24.9 Å². The highest BCUT2D eigenvalue weighted by Crippen LogP contribution is 2.24. The lowest BCUT2D eigenvalue weighted by Gasteiger charge is -2.36. The molecule has 33 heavy (non-hydrogen) atoms. The molecule has 3 aromatic heterocycles. The molecule has 0 aliphatic carbocycles. The first-order chi connectivity index (χ1) is 15.6. The molecule has 1 saturated heterocycles. The molecule has 1 atom stereocenters. The quantitative estimate of drug-likeness (QED) is 0.472. The van der Waals surface area contributed by atoms with Gasteiger partial charge in [-0.3, -0.25) is 9.59 Å². The number of alkyl halides is 3. The Labute approximate surface area is 183 Å². The molecule has 0 bridgehead atoms. The number of aromatic nitrogens is 5. The number of aliphatic hydroxyl groups excluding tert-OH is 1. The van der Waals surface area contributed by atoms with Crippen LogP contribution < -0.4 is 5.32 Å². The van der Waals surface area contributed by atoms with Gasteiger partial charge in [0, 0.05) is 25.5 Å². The van der Waals surface area contributed by atoms with Gasteiger partial charge in [0.15, 0.2) is 5.65 Å². The largest absolute Gasteiger partial charge is 0.406 e. The highest BCUT2D eigenvalue weighted by Gasteiger charge is 2.35. The molecule has 0 spiro atoms. The van der Waals surface area contributed by atoms with E-state index in [1.165, 1.54) is 30.4 Å². The van der Waals surface area contributed by atoms with Crippen LogP contribution in [-0.4, -0.2) is 71.8 Å². The van der Waals surface area contributed by atoms with E-state index in [0.717, 1.165) is 4.57 Å². The molecule has 2 amide bonds. The Hall–Kier alpha value is -3.99. The highest BCUT2D eigenvalue weighted by molar-refractivity contribution is 6.06. The zero-order valence-electron chi connectivity index (χ0n) is 17.1. The van der Waals surface area contributed by atoms with Gasteiger partial charge in [-0.1, -0.05) is 0 Å². The van der Waals surface area contributed by atoms with Crippen LogP contribution in [0.5, 0.6) is 0 Å². The summed E-state index contributed by atoms with van der Waals surface area (Å²) in [6.45, 7) is 0.554. The number of aryl methyl sites for hydroxylation is 1. The van der Waals surface area contributed by atoms with E-state index in [-0.39, 0.29) is 52.9 Å². The normalized spacial score (nSPS) is 15.2. The molecule has 11 nitrogen and oxygen atoms in total. The minimum Gasteiger partial charge on any atom is -0.365 e. The van der Waals surface area contributed by atoms with Crippen molar-refractivity contribution in [1.29, 1.82) is 5.26 Å². The van der Waals surface area contributed by atoms with Crippen LogP contribution in [0, 0.1) is 24.2 Å². The van der Waals surface area contributed by atoms with Crippen molar-refractivity contribution >= 4 is 23.0 Å². The van der Waals surface area contributed by atoms with E-state index in [9.17, 15) is 27.9 Å². The van der Waals surface area contributed by atoms with E-state index >= 15 is 0 Å². The lowest BCUT2D eigenvalue weighted by molar-refractivity contribution is -0.146. The van der Waals surface area contributed by atoms with E-state index in [0.29, 0.717) is 0 Å². The number of nitriles is 1. The number of hydrogen-bond donors (Lipinski definition) is 3. The number of halogens is 3. The van der Waals surface area contributed by atoms with Crippen molar-refractivity contribution in [3.8, 4) is 17.5 Å². The average Bonchev–Trinajstić information content (AvgIpc) is 3.29. The highest BCUT2D eigenvalue weighted by atomic mass is 19.4. The number of H-pyrrole nitrogens is 1. The van der Waals surface area contributed by atoms with Gasteiger partial charge in [0.25, 0.3) is 11.8 Å². The summed E-state index contributed by atoms with van der Waals surface area (Å²) in [6, 6.07) is 2.00. The number of hydrogen-bond acceptors (Lipinski definition) is 7. The molecule has 0 aromatic carbocycles. The van der Waals surface area contributed by atoms with Crippen molar-refractivity contribution in [1.82, 2.24) is 34.7 Å². The van der Waals surface area contributed by atoms with E-state index in [1.54, 1.807) is 0 Å². The third-order valence-electron chi connectivity index (χ3n) is 5.09. The molecule has 3 aromatic rings. The summed E-state index contributed by atoms with van der Waals surface area (Å²) in [5, 5.41) is 21.0. The van der Waals surface area contributed by atoms with Crippen LogP contribution in [-0.2, 0) is 11.3 Å². The Morgan fingerprint density at radius 3 is 2.76 bits per heavy atom. The van der Waals surface area contributed by atoms with Gasteiger partial charge in [-0.2, -0.15) is 18.4 Å². The monoisotopic (exact) mass is 462 g/mol. The zero-order valence-corrected chi connectivity index (χ0v) is 17.1. The summed E-state index contributed by atoms with van der Waals surface area (Å²) in [5.74, 6) is -1.73. The van der Waals surface area contributed by atoms with Crippen LogP contribution in [0.4, 0.5) is 13.2 Å². The Balaban J connectivity index is 1.54. The van der Waals surface area contributed by atoms with Crippen molar-refractivity contribution in [3.63, 3.8) is 0 Å². The molecule has 0 radical (unpaired) electrons. The lowest BCUT2D eigenvalue weighted by atomic mass is 10.0. The van der Waals surface area contributed by atoms with Crippen LogP contribution in [0.25, 0.3) is 22.6 Å². The number of carbonyl (C=O) groups excluding carboxylic acids is 2. The van der Waals surface area contributed by atoms with Crippen LogP contribution in [0.3, 0.4) is 0 Å². The first kappa shape index (κ1) is 22.2. The van der Waals surface area contributed by atoms with Gasteiger partial charge in [0.2, 0.25) is 6.23 Å². The lowest BCUT2D eigenvalue weighted by Crippen LogP contribution is -2.56. The number of nitrogens with zero attached hydrogens (tertiary/aromatic N) is 6. The third kappa shape index (κ3) is 4.48. The number of imidazole rings is 1. The number of aromatic amines is 1. The van der Waals surface area contributed by atoms with Crippen LogP contribution in [0.1, 0.15) is 16.2 Å². The zero-order chi connectivity index (χ0) is 23.9. The van der Waals surface area contributed by atoms with Gasteiger partial charge in [0.05, 0.1) is 23.7 Å². The number of fused-ring (bicyclic) bond motifs is 1. The van der Waals surface area contributed by atoms with Gasteiger partial charge >= 0.3 is 6.18 Å². The first-order valence-electron chi connectivity index (χ1n) is 9.68. The van der Waals surface area contributed by atoms with E-state index < -0.39 is 30.8 Å². The van der Waals surface area contributed by atoms with Crippen LogP contribution >= 0.6 is 0 Å².